The Morgan fingerprint density at radius 1 is 1.07 bits per heavy atom. The Labute approximate surface area is 159 Å². The zero-order valence-corrected chi connectivity index (χ0v) is 15.5. The van der Waals surface area contributed by atoms with Crippen LogP contribution in [0.4, 0.5) is 0 Å². The fraction of sp³-hybridized carbons (Fsp3) is 0.238. The molecule has 1 aromatic heterocycles. The maximum absolute atomic E-state index is 5.70. The first-order valence-electron chi connectivity index (χ1n) is 9.14. The molecule has 3 rings (SSSR count). The summed E-state index contributed by atoms with van der Waals surface area (Å²) in [6, 6.07) is 19.9. The fourth-order valence-electron chi connectivity index (χ4n) is 2.59. The van der Waals surface area contributed by atoms with Crippen molar-refractivity contribution in [1.29, 1.82) is 0 Å². The largest absolute Gasteiger partial charge is 0.492 e. The smallest absolute Gasteiger partial charge is 0.191 e. The van der Waals surface area contributed by atoms with Crippen molar-refractivity contribution in [2.75, 3.05) is 19.7 Å². The molecular weight excluding hydrogens is 338 g/mol. The number of rotatable bonds is 8. The highest BCUT2D eigenvalue weighted by atomic mass is 16.5. The first-order valence-corrected chi connectivity index (χ1v) is 9.14. The number of hydrogen-bond acceptors (Lipinski definition) is 3. The molecule has 0 aliphatic rings. The van der Waals surface area contributed by atoms with Crippen molar-refractivity contribution in [1.82, 2.24) is 20.4 Å². The molecular formula is C21H25N5O. The lowest BCUT2D eigenvalue weighted by Crippen LogP contribution is -2.39. The van der Waals surface area contributed by atoms with E-state index >= 15 is 0 Å². The number of benzene rings is 2. The fourth-order valence-corrected chi connectivity index (χ4v) is 2.59. The van der Waals surface area contributed by atoms with Gasteiger partial charge < -0.3 is 15.4 Å². The van der Waals surface area contributed by atoms with Crippen LogP contribution in [0.15, 0.2) is 78.0 Å². The van der Waals surface area contributed by atoms with Crippen LogP contribution in [0, 0.1) is 0 Å². The van der Waals surface area contributed by atoms with E-state index in [9.17, 15) is 0 Å². The van der Waals surface area contributed by atoms with Crippen molar-refractivity contribution < 1.29 is 4.74 Å². The SMILES string of the molecule is CCNC(=NCc1cccc(-n2cccn2)c1)NCCOc1ccccc1. The molecule has 0 unspecified atom stereocenters. The number of aliphatic imine (C=N–C) groups is 1. The summed E-state index contributed by atoms with van der Waals surface area (Å²) >= 11 is 0. The normalized spacial score (nSPS) is 11.2. The first kappa shape index (κ1) is 18.5. The van der Waals surface area contributed by atoms with Crippen molar-refractivity contribution in [2.45, 2.75) is 13.5 Å². The molecule has 0 radical (unpaired) electrons. The second kappa shape index (κ2) is 10.0. The van der Waals surface area contributed by atoms with E-state index in [4.69, 9.17) is 4.74 Å². The maximum Gasteiger partial charge on any atom is 0.191 e. The average Bonchev–Trinajstić information content (AvgIpc) is 3.25. The van der Waals surface area contributed by atoms with Crippen LogP contribution in [0.5, 0.6) is 5.75 Å². The molecule has 1 heterocycles. The average molecular weight is 363 g/mol. The molecule has 0 fully saturated rings. The zero-order valence-electron chi connectivity index (χ0n) is 15.5. The van der Waals surface area contributed by atoms with Crippen LogP contribution in [-0.2, 0) is 6.54 Å². The van der Waals surface area contributed by atoms with Crippen LogP contribution in [0.25, 0.3) is 5.69 Å². The Morgan fingerprint density at radius 2 is 1.96 bits per heavy atom. The monoisotopic (exact) mass is 363 g/mol. The molecule has 0 aliphatic carbocycles. The molecule has 0 aliphatic heterocycles. The zero-order chi connectivity index (χ0) is 18.7. The molecule has 140 valence electrons. The van der Waals surface area contributed by atoms with Gasteiger partial charge in [-0.15, -0.1) is 0 Å². The topological polar surface area (TPSA) is 63.5 Å². The lowest BCUT2D eigenvalue weighted by molar-refractivity contribution is 0.322. The standard InChI is InChI=1S/C21H25N5O/c1-2-22-21(23-13-15-27-20-10-4-3-5-11-20)24-17-18-8-6-9-19(16-18)26-14-7-12-25-26/h3-12,14,16H,2,13,15,17H2,1H3,(H2,22,23,24). The van der Waals surface area contributed by atoms with Crippen molar-refractivity contribution in [2.24, 2.45) is 4.99 Å². The van der Waals surface area contributed by atoms with Gasteiger partial charge in [-0.3, -0.25) is 0 Å². The highest BCUT2D eigenvalue weighted by Crippen LogP contribution is 2.10. The molecule has 3 aromatic rings. The van der Waals surface area contributed by atoms with Crippen LogP contribution in [0.3, 0.4) is 0 Å². The predicted molar refractivity (Wildman–Crippen MR) is 108 cm³/mol. The minimum Gasteiger partial charge on any atom is -0.492 e. The van der Waals surface area contributed by atoms with Gasteiger partial charge in [0.2, 0.25) is 0 Å². The van der Waals surface area contributed by atoms with E-state index in [1.54, 1.807) is 6.20 Å². The molecule has 0 saturated heterocycles. The summed E-state index contributed by atoms with van der Waals surface area (Å²) in [5, 5.41) is 10.8. The molecule has 0 amide bonds. The van der Waals surface area contributed by atoms with Gasteiger partial charge in [0.1, 0.15) is 12.4 Å². The molecule has 2 N–H and O–H groups in total. The number of aromatic nitrogens is 2. The molecule has 27 heavy (non-hydrogen) atoms. The third-order valence-corrected chi connectivity index (χ3v) is 3.85. The Bertz CT molecular complexity index is 831. The summed E-state index contributed by atoms with van der Waals surface area (Å²) in [6.45, 7) is 4.69. The van der Waals surface area contributed by atoms with E-state index in [0.717, 1.165) is 29.5 Å². The molecule has 6 heteroatoms. The second-order valence-electron chi connectivity index (χ2n) is 5.90. The first-order chi connectivity index (χ1) is 13.3. The predicted octanol–water partition coefficient (Wildman–Crippen LogP) is 3.01. The highest BCUT2D eigenvalue weighted by Gasteiger charge is 2.01. The van der Waals surface area contributed by atoms with E-state index in [2.05, 4.69) is 39.8 Å². The summed E-state index contributed by atoms with van der Waals surface area (Å²) < 4.78 is 7.54. The van der Waals surface area contributed by atoms with Crippen LogP contribution in [0.1, 0.15) is 12.5 Å². The lowest BCUT2D eigenvalue weighted by atomic mass is 10.2. The number of guanidine groups is 1. The van der Waals surface area contributed by atoms with Gasteiger partial charge in [0.15, 0.2) is 5.96 Å². The Morgan fingerprint density at radius 3 is 2.74 bits per heavy atom. The molecule has 0 atom stereocenters. The van der Waals surface area contributed by atoms with Gasteiger partial charge in [-0.2, -0.15) is 5.10 Å². The summed E-state index contributed by atoms with van der Waals surface area (Å²) in [7, 11) is 0. The van der Waals surface area contributed by atoms with Crippen molar-refractivity contribution in [3.63, 3.8) is 0 Å². The summed E-state index contributed by atoms with van der Waals surface area (Å²) in [4.78, 5) is 4.66. The lowest BCUT2D eigenvalue weighted by Gasteiger charge is -2.12. The van der Waals surface area contributed by atoms with Crippen molar-refractivity contribution in [3.8, 4) is 11.4 Å². The molecule has 2 aromatic carbocycles. The summed E-state index contributed by atoms with van der Waals surface area (Å²) in [5.74, 6) is 1.65. The quantitative estimate of drug-likeness (QED) is 0.367. The van der Waals surface area contributed by atoms with Gasteiger partial charge in [-0.25, -0.2) is 9.67 Å². The third-order valence-electron chi connectivity index (χ3n) is 3.85. The third kappa shape index (κ3) is 5.88. The van der Waals surface area contributed by atoms with Crippen LogP contribution in [-0.4, -0.2) is 35.4 Å². The number of ether oxygens (including phenoxy) is 1. The number of nitrogens with zero attached hydrogens (tertiary/aromatic N) is 3. The minimum absolute atomic E-state index is 0.573. The number of hydrogen-bond donors (Lipinski definition) is 2. The van der Waals surface area contributed by atoms with Crippen LogP contribution in [0.2, 0.25) is 0 Å². The van der Waals surface area contributed by atoms with Gasteiger partial charge in [0.05, 0.1) is 18.8 Å². The van der Waals surface area contributed by atoms with Gasteiger partial charge in [-0.05, 0) is 42.8 Å². The second-order valence-corrected chi connectivity index (χ2v) is 5.90. The maximum atomic E-state index is 5.70. The van der Waals surface area contributed by atoms with E-state index in [-0.39, 0.29) is 0 Å². The minimum atomic E-state index is 0.573. The molecule has 0 saturated carbocycles. The Kier molecular flexibility index (Phi) is 6.86. The highest BCUT2D eigenvalue weighted by molar-refractivity contribution is 5.79. The molecule has 0 bridgehead atoms. The van der Waals surface area contributed by atoms with Gasteiger partial charge in [0.25, 0.3) is 0 Å². The van der Waals surface area contributed by atoms with Gasteiger partial charge in [-0.1, -0.05) is 30.3 Å². The van der Waals surface area contributed by atoms with Crippen LogP contribution < -0.4 is 15.4 Å². The van der Waals surface area contributed by atoms with Crippen molar-refractivity contribution in [3.05, 3.63) is 78.6 Å². The van der Waals surface area contributed by atoms with E-state index in [0.29, 0.717) is 19.7 Å². The van der Waals surface area contributed by atoms with Gasteiger partial charge >= 0.3 is 0 Å². The van der Waals surface area contributed by atoms with Crippen molar-refractivity contribution >= 4 is 5.96 Å². The Balaban J connectivity index is 1.53. The summed E-state index contributed by atoms with van der Waals surface area (Å²) in [5.41, 5.74) is 2.16. The van der Waals surface area contributed by atoms with E-state index in [1.807, 2.05) is 59.4 Å². The molecule has 0 spiro atoms. The van der Waals surface area contributed by atoms with E-state index < -0.39 is 0 Å². The Hall–Kier alpha value is -3.28. The van der Waals surface area contributed by atoms with Gasteiger partial charge in [0, 0.05) is 18.9 Å². The number of para-hydroxylation sites is 1. The number of nitrogens with one attached hydrogen (secondary N) is 2. The van der Waals surface area contributed by atoms with Crippen LogP contribution >= 0.6 is 0 Å². The van der Waals surface area contributed by atoms with E-state index in [1.165, 1.54) is 0 Å². The molecule has 6 nitrogen and oxygen atoms in total. The summed E-state index contributed by atoms with van der Waals surface area (Å²) in [6.07, 6.45) is 3.70.